The molecule has 0 saturated carbocycles. The summed E-state index contributed by atoms with van der Waals surface area (Å²) in [5, 5.41) is 9.78. The molecule has 0 radical (unpaired) electrons. The van der Waals surface area contributed by atoms with Gasteiger partial charge >= 0.3 is 5.97 Å². The zero-order valence-corrected chi connectivity index (χ0v) is 10.9. The molecule has 0 aromatic heterocycles. The smallest absolute Gasteiger partial charge is 0.320 e. The molecule has 1 saturated heterocycles. The fraction of sp³-hybridized carbons (Fsp3) is 0.917. The predicted octanol–water partition coefficient (Wildman–Crippen LogP) is 1.03. The highest BCUT2D eigenvalue weighted by Gasteiger charge is 2.38. The Labute approximate surface area is 97.6 Å². The van der Waals surface area contributed by atoms with Crippen molar-refractivity contribution >= 4 is 5.97 Å². The monoisotopic (exact) mass is 229 g/mol. The highest BCUT2D eigenvalue weighted by Crippen LogP contribution is 2.29. The van der Waals surface area contributed by atoms with E-state index in [0.29, 0.717) is 6.54 Å². The topological polar surface area (TPSA) is 49.8 Å². The number of carbonyl (C=O) groups is 1. The maximum Gasteiger partial charge on any atom is 0.320 e. The molecule has 1 aliphatic heterocycles. The van der Waals surface area contributed by atoms with Gasteiger partial charge in [0.2, 0.25) is 0 Å². The molecule has 1 atom stereocenters. The molecule has 4 heteroatoms. The Bertz CT molecular complexity index is 268. The van der Waals surface area contributed by atoms with Crippen LogP contribution in [0.5, 0.6) is 0 Å². The third-order valence-corrected chi connectivity index (χ3v) is 2.74. The summed E-state index contributed by atoms with van der Waals surface area (Å²) in [6, 6.07) is 0. The molecule has 94 valence electrons. The Morgan fingerprint density at radius 2 is 2.06 bits per heavy atom. The van der Waals surface area contributed by atoms with Crippen LogP contribution < -0.4 is 0 Å². The zero-order valence-electron chi connectivity index (χ0n) is 10.9. The highest BCUT2D eigenvalue weighted by atomic mass is 16.6. The second kappa shape index (κ2) is 4.34. The van der Waals surface area contributed by atoms with E-state index in [1.165, 1.54) is 0 Å². The fourth-order valence-corrected chi connectivity index (χ4v) is 1.91. The molecular weight excluding hydrogens is 206 g/mol. The molecule has 0 amide bonds. The van der Waals surface area contributed by atoms with Gasteiger partial charge in [0, 0.05) is 18.5 Å². The van der Waals surface area contributed by atoms with Crippen molar-refractivity contribution in [3.8, 4) is 0 Å². The summed E-state index contributed by atoms with van der Waals surface area (Å²) in [6.45, 7) is 11.1. The van der Waals surface area contributed by atoms with Crippen molar-refractivity contribution in [1.29, 1.82) is 0 Å². The van der Waals surface area contributed by atoms with E-state index in [9.17, 15) is 9.90 Å². The van der Waals surface area contributed by atoms with Crippen LogP contribution in [0.25, 0.3) is 0 Å². The number of likely N-dealkylation sites (tertiary alicyclic amines) is 1. The number of hydrogen-bond acceptors (Lipinski definition) is 4. The van der Waals surface area contributed by atoms with E-state index in [2.05, 4.69) is 0 Å². The summed E-state index contributed by atoms with van der Waals surface area (Å²) in [5.41, 5.74) is -0.576. The predicted molar refractivity (Wildman–Crippen MR) is 62.1 cm³/mol. The largest absolute Gasteiger partial charge is 0.459 e. The Morgan fingerprint density at radius 3 is 2.44 bits per heavy atom. The minimum Gasteiger partial charge on any atom is -0.459 e. The van der Waals surface area contributed by atoms with Crippen molar-refractivity contribution in [3.63, 3.8) is 0 Å². The van der Waals surface area contributed by atoms with Crippen LogP contribution in [0.15, 0.2) is 0 Å². The molecule has 1 unspecified atom stereocenters. The summed E-state index contributed by atoms with van der Waals surface area (Å²) in [6.07, 6.45) is -0.366. The van der Waals surface area contributed by atoms with Gasteiger partial charge in [-0.05, 0) is 20.8 Å². The average Bonchev–Trinajstić information content (AvgIpc) is 2.20. The lowest BCUT2D eigenvalue weighted by Crippen LogP contribution is -2.34. The molecule has 1 fully saturated rings. The highest BCUT2D eigenvalue weighted by molar-refractivity contribution is 5.72. The van der Waals surface area contributed by atoms with Crippen LogP contribution in [-0.2, 0) is 9.53 Å². The van der Waals surface area contributed by atoms with E-state index in [1.54, 1.807) is 0 Å². The van der Waals surface area contributed by atoms with Gasteiger partial charge in [0.05, 0.1) is 12.6 Å². The van der Waals surface area contributed by atoms with Gasteiger partial charge < -0.3 is 9.84 Å². The summed E-state index contributed by atoms with van der Waals surface area (Å²) >= 11 is 0. The molecule has 1 heterocycles. The Balaban J connectivity index is 2.43. The lowest BCUT2D eigenvalue weighted by atomic mass is 9.90. The lowest BCUT2D eigenvalue weighted by molar-refractivity contribution is -0.155. The number of nitrogens with zero attached hydrogens (tertiary/aromatic N) is 1. The number of β-amino-alcohol motifs (C(OH)–C–C–N with tert-alkyl or cyclic N) is 1. The van der Waals surface area contributed by atoms with Crippen LogP contribution in [0.2, 0.25) is 0 Å². The molecular formula is C12H23NO3. The molecule has 0 spiro atoms. The number of rotatable bonds is 2. The second-order valence-electron chi connectivity index (χ2n) is 6.26. The molecule has 0 aliphatic carbocycles. The molecule has 0 bridgehead atoms. The maximum atomic E-state index is 11.6. The van der Waals surface area contributed by atoms with Crippen molar-refractivity contribution in [2.75, 3.05) is 19.6 Å². The van der Waals surface area contributed by atoms with E-state index in [1.807, 2.05) is 39.5 Å². The number of aliphatic hydroxyl groups is 1. The number of esters is 1. The van der Waals surface area contributed by atoms with E-state index in [4.69, 9.17) is 4.74 Å². The van der Waals surface area contributed by atoms with Gasteiger partial charge in [-0.25, -0.2) is 0 Å². The van der Waals surface area contributed by atoms with E-state index >= 15 is 0 Å². The first-order chi connectivity index (χ1) is 7.10. The van der Waals surface area contributed by atoms with Crippen LogP contribution in [0.4, 0.5) is 0 Å². The SMILES string of the molecule is CC(C)(C)OC(=O)CN1CC(O)C(C)(C)C1. The number of ether oxygens (including phenoxy) is 1. The summed E-state index contributed by atoms with van der Waals surface area (Å²) < 4.78 is 5.24. The summed E-state index contributed by atoms with van der Waals surface area (Å²) in [4.78, 5) is 13.5. The maximum absolute atomic E-state index is 11.6. The van der Waals surface area contributed by atoms with E-state index in [-0.39, 0.29) is 24.0 Å². The molecule has 1 aliphatic rings. The lowest BCUT2D eigenvalue weighted by Gasteiger charge is -2.23. The van der Waals surface area contributed by atoms with Crippen LogP contribution in [-0.4, -0.2) is 47.3 Å². The zero-order chi connectivity index (χ0) is 12.6. The molecule has 1 rings (SSSR count). The van der Waals surface area contributed by atoms with Crippen LogP contribution >= 0.6 is 0 Å². The van der Waals surface area contributed by atoms with Gasteiger partial charge in [0.1, 0.15) is 5.60 Å². The second-order valence-corrected chi connectivity index (χ2v) is 6.26. The van der Waals surface area contributed by atoms with Crippen molar-refractivity contribution in [3.05, 3.63) is 0 Å². The van der Waals surface area contributed by atoms with Gasteiger partial charge in [-0.3, -0.25) is 9.69 Å². The summed E-state index contributed by atoms with van der Waals surface area (Å²) in [7, 11) is 0. The molecule has 0 aromatic rings. The number of carbonyl (C=O) groups excluding carboxylic acids is 1. The van der Waals surface area contributed by atoms with E-state index in [0.717, 1.165) is 6.54 Å². The molecule has 4 nitrogen and oxygen atoms in total. The summed E-state index contributed by atoms with van der Waals surface area (Å²) in [5.74, 6) is -0.225. The van der Waals surface area contributed by atoms with Crippen LogP contribution in [0.3, 0.4) is 0 Å². The molecule has 0 aromatic carbocycles. The Hall–Kier alpha value is -0.610. The minimum atomic E-state index is -0.440. The standard InChI is InChI=1S/C12H23NO3/c1-11(2,3)16-10(15)7-13-6-9(14)12(4,5)8-13/h9,14H,6-8H2,1-5H3. The molecule has 16 heavy (non-hydrogen) atoms. The first-order valence-electron chi connectivity index (χ1n) is 5.72. The third-order valence-electron chi connectivity index (χ3n) is 2.74. The minimum absolute atomic E-state index is 0.137. The van der Waals surface area contributed by atoms with Crippen molar-refractivity contribution in [2.45, 2.75) is 46.3 Å². The molecule has 1 N–H and O–H groups in total. The fourth-order valence-electron chi connectivity index (χ4n) is 1.91. The average molecular weight is 229 g/mol. The van der Waals surface area contributed by atoms with Gasteiger partial charge in [0.25, 0.3) is 0 Å². The van der Waals surface area contributed by atoms with Gasteiger partial charge in [-0.1, -0.05) is 13.8 Å². The number of hydrogen-bond donors (Lipinski definition) is 1. The first-order valence-corrected chi connectivity index (χ1v) is 5.72. The van der Waals surface area contributed by atoms with Gasteiger partial charge in [0.15, 0.2) is 0 Å². The first kappa shape index (κ1) is 13.5. The van der Waals surface area contributed by atoms with Gasteiger partial charge in [-0.15, -0.1) is 0 Å². The van der Waals surface area contributed by atoms with Crippen molar-refractivity contribution in [1.82, 2.24) is 4.90 Å². The Kier molecular flexibility index (Phi) is 3.65. The van der Waals surface area contributed by atoms with Crippen LogP contribution in [0, 0.1) is 5.41 Å². The third kappa shape index (κ3) is 3.76. The van der Waals surface area contributed by atoms with E-state index < -0.39 is 5.60 Å². The van der Waals surface area contributed by atoms with Gasteiger partial charge in [-0.2, -0.15) is 0 Å². The van der Waals surface area contributed by atoms with Crippen molar-refractivity contribution < 1.29 is 14.6 Å². The quantitative estimate of drug-likeness (QED) is 0.719. The number of aliphatic hydroxyl groups excluding tert-OH is 1. The van der Waals surface area contributed by atoms with Crippen LogP contribution in [0.1, 0.15) is 34.6 Å². The normalized spacial score (nSPS) is 25.8. The Morgan fingerprint density at radius 1 is 1.50 bits per heavy atom. The van der Waals surface area contributed by atoms with Crippen molar-refractivity contribution in [2.24, 2.45) is 5.41 Å².